The van der Waals surface area contributed by atoms with E-state index in [0.29, 0.717) is 5.92 Å². The average molecular weight is 233 g/mol. The van der Waals surface area contributed by atoms with E-state index in [1.165, 1.54) is 6.42 Å². The molecule has 0 aromatic carbocycles. The van der Waals surface area contributed by atoms with E-state index >= 15 is 0 Å². The first-order valence-electron chi connectivity index (χ1n) is 6.06. The predicted molar refractivity (Wildman–Crippen MR) is 67.1 cm³/mol. The molecular weight excluding hydrogens is 206 g/mol. The second-order valence-corrected chi connectivity index (χ2v) is 7.49. The van der Waals surface area contributed by atoms with Crippen molar-refractivity contribution in [2.45, 2.75) is 46.2 Å². The van der Waals surface area contributed by atoms with E-state index in [-0.39, 0.29) is 0 Å². The fourth-order valence-corrected chi connectivity index (χ4v) is 4.98. The van der Waals surface area contributed by atoms with Crippen molar-refractivity contribution in [3.63, 3.8) is 0 Å². The van der Waals surface area contributed by atoms with Crippen LogP contribution in [-0.2, 0) is 8.85 Å². The first-order chi connectivity index (χ1) is 7.08. The van der Waals surface area contributed by atoms with Gasteiger partial charge in [0.05, 0.1) is 0 Å². The third-order valence-electron chi connectivity index (χ3n) is 2.52. The summed E-state index contributed by atoms with van der Waals surface area (Å²) >= 11 is 0. The normalized spacial score (nSPS) is 14.2. The van der Waals surface area contributed by atoms with Crippen LogP contribution >= 0.6 is 0 Å². The highest BCUT2D eigenvalue weighted by Gasteiger charge is 2.32. The van der Waals surface area contributed by atoms with Crippen molar-refractivity contribution in [1.82, 2.24) is 0 Å². The summed E-state index contributed by atoms with van der Waals surface area (Å²) in [5, 5.41) is 0. The van der Waals surface area contributed by atoms with Crippen LogP contribution in [-0.4, -0.2) is 28.3 Å². The Morgan fingerprint density at radius 2 is 1.73 bits per heavy atom. The van der Waals surface area contributed by atoms with Crippen molar-refractivity contribution < 1.29 is 8.85 Å². The van der Waals surface area contributed by atoms with Crippen LogP contribution < -0.4 is 5.73 Å². The van der Waals surface area contributed by atoms with Crippen LogP contribution in [0.3, 0.4) is 0 Å². The largest absolute Gasteiger partial charge is 0.395 e. The van der Waals surface area contributed by atoms with Gasteiger partial charge in [0.1, 0.15) is 0 Å². The Balaban J connectivity index is 4.02. The molecule has 0 amide bonds. The monoisotopic (exact) mass is 233 g/mol. The van der Waals surface area contributed by atoms with E-state index in [2.05, 4.69) is 13.5 Å². The van der Waals surface area contributed by atoms with Gasteiger partial charge < -0.3 is 14.6 Å². The highest BCUT2D eigenvalue weighted by Crippen LogP contribution is 2.22. The molecule has 0 heterocycles. The average Bonchev–Trinajstić information content (AvgIpc) is 2.15. The van der Waals surface area contributed by atoms with E-state index in [1.807, 2.05) is 13.8 Å². The fourth-order valence-electron chi connectivity index (χ4n) is 1.97. The van der Waals surface area contributed by atoms with Gasteiger partial charge in [-0.15, -0.1) is 0 Å². The molecule has 1 atom stereocenters. The number of nitrogens with two attached hydrogens (primary N) is 1. The highest BCUT2D eigenvalue weighted by molar-refractivity contribution is 6.66. The molecule has 4 heteroatoms. The highest BCUT2D eigenvalue weighted by atomic mass is 28.4. The third-order valence-corrected chi connectivity index (χ3v) is 5.76. The summed E-state index contributed by atoms with van der Waals surface area (Å²) in [6.07, 6.45) is 2.28. The summed E-state index contributed by atoms with van der Waals surface area (Å²) in [6.45, 7) is 10.8. The van der Waals surface area contributed by atoms with Gasteiger partial charge in [-0.2, -0.15) is 0 Å². The van der Waals surface area contributed by atoms with Crippen molar-refractivity contribution >= 4 is 8.56 Å². The Kier molecular flexibility index (Phi) is 8.33. The molecule has 0 aromatic heterocycles. The molecule has 0 aliphatic rings. The summed E-state index contributed by atoms with van der Waals surface area (Å²) in [5.74, 6) is 0.656. The van der Waals surface area contributed by atoms with Crippen molar-refractivity contribution in [3.8, 4) is 0 Å². The standard InChI is InChI=1S/C11H27NO2Si/c1-5-13-15(4,14-6-2)10-11(3)8-7-9-12/h11H,5-10,12H2,1-4H3. The Morgan fingerprint density at radius 1 is 1.20 bits per heavy atom. The number of rotatable bonds is 9. The zero-order chi connectivity index (χ0) is 11.7. The molecule has 0 fully saturated rings. The van der Waals surface area contributed by atoms with E-state index in [1.54, 1.807) is 0 Å². The topological polar surface area (TPSA) is 44.5 Å². The van der Waals surface area contributed by atoms with Crippen LogP contribution in [0.4, 0.5) is 0 Å². The lowest BCUT2D eigenvalue weighted by Gasteiger charge is -2.28. The van der Waals surface area contributed by atoms with E-state index in [9.17, 15) is 0 Å². The molecule has 0 bridgehead atoms. The van der Waals surface area contributed by atoms with Gasteiger partial charge in [0.25, 0.3) is 0 Å². The van der Waals surface area contributed by atoms with Crippen molar-refractivity contribution in [1.29, 1.82) is 0 Å². The van der Waals surface area contributed by atoms with Gasteiger partial charge >= 0.3 is 8.56 Å². The number of hydrogen-bond donors (Lipinski definition) is 1. The van der Waals surface area contributed by atoms with Gasteiger partial charge in [-0.05, 0) is 51.7 Å². The Morgan fingerprint density at radius 3 is 2.13 bits per heavy atom. The molecule has 0 rings (SSSR count). The van der Waals surface area contributed by atoms with Gasteiger partial charge in [-0.1, -0.05) is 6.92 Å². The zero-order valence-electron chi connectivity index (χ0n) is 10.7. The molecule has 0 saturated heterocycles. The number of hydrogen-bond acceptors (Lipinski definition) is 3. The SMILES string of the molecule is CCO[Si](C)(CC(C)CCCN)OCC. The van der Waals surface area contributed by atoms with E-state index in [4.69, 9.17) is 14.6 Å². The van der Waals surface area contributed by atoms with Crippen molar-refractivity contribution in [2.75, 3.05) is 19.8 Å². The second-order valence-electron chi connectivity index (χ2n) is 4.24. The smallest absolute Gasteiger partial charge is 0.335 e. The Hall–Kier alpha value is 0.0969. The summed E-state index contributed by atoms with van der Waals surface area (Å²) in [6, 6.07) is 1.08. The molecule has 0 saturated carbocycles. The van der Waals surface area contributed by atoms with Crippen LogP contribution in [0.5, 0.6) is 0 Å². The zero-order valence-corrected chi connectivity index (χ0v) is 11.7. The molecular formula is C11H27NO2Si. The second kappa shape index (κ2) is 8.27. The van der Waals surface area contributed by atoms with Gasteiger partial charge in [-0.3, -0.25) is 0 Å². The third kappa shape index (κ3) is 7.06. The molecule has 3 nitrogen and oxygen atoms in total. The van der Waals surface area contributed by atoms with Gasteiger partial charge in [0.2, 0.25) is 0 Å². The Bertz CT molecular complexity index is 150. The first-order valence-corrected chi connectivity index (χ1v) is 8.58. The molecule has 0 spiro atoms. The first kappa shape index (κ1) is 15.1. The molecule has 1 unspecified atom stereocenters. The lowest BCUT2D eigenvalue weighted by atomic mass is 10.1. The van der Waals surface area contributed by atoms with Crippen LogP contribution in [0.15, 0.2) is 0 Å². The lowest BCUT2D eigenvalue weighted by Crippen LogP contribution is -2.40. The van der Waals surface area contributed by atoms with Gasteiger partial charge in [0.15, 0.2) is 0 Å². The maximum atomic E-state index is 5.81. The van der Waals surface area contributed by atoms with Gasteiger partial charge in [-0.25, -0.2) is 0 Å². The summed E-state index contributed by atoms with van der Waals surface area (Å²) in [4.78, 5) is 0. The minimum atomic E-state index is -1.90. The molecule has 92 valence electrons. The quantitative estimate of drug-likeness (QED) is 0.622. The van der Waals surface area contributed by atoms with Crippen molar-refractivity contribution in [2.24, 2.45) is 11.7 Å². The van der Waals surface area contributed by atoms with Crippen LogP contribution in [0.1, 0.15) is 33.6 Å². The molecule has 2 N–H and O–H groups in total. The van der Waals surface area contributed by atoms with Gasteiger partial charge in [0, 0.05) is 13.2 Å². The van der Waals surface area contributed by atoms with Crippen LogP contribution in [0.2, 0.25) is 12.6 Å². The van der Waals surface area contributed by atoms with Crippen LogP contribution in [0, 0.1) is 5.92 Å². The molecule has 0 aliphatic heterocycles. The van der Waals surface area contributed by atoms with Crippen LogP contribution in [0.25, 0.3) is 0 Å². The molecule has 0 aliphatic carbocycles. The van der Waals surface area contributed by atoms with E-state index in [0.717, 1.165) is 32.2 Å². The molecule has 0 aromatic rings. The maximum absolute atomic E-state index is 5.81. The Labute approximate surface area is 95.6 Å². The summed E-state index contributed by atoms with van der Waals surface area (Å²) in [7, 11) is -1.90. The van der Waals surface area contributed by atoms with E-state index < -0.39 is 8.56 Å². The fraction of sp³-hybridized carbons (Fsp3) is 1.00. The summed E-state index contributed by atoms with van der Waals surface area (Å²) < 4.78 is 11.6. The predicted octanol–water partition coefficient (Wildman–Crippen LogP) is 2.51. The minimum Gasteiger partial charge on any atom is -0.395 e. The maximum Gasteiger partial charge on any atom is 0.335 e. The lowest BCUT2D eigenvalue weighted by molar-refractivity contribution is 0.183. The molecule has 0 radical (unpaired) electrons. The minimum absolute atomic E-state index is 0.656. The van der Waals surface area contributed by atoms with Crippen molar-refractivity contribution in [3.05, 3.63) is 0 Å². The molecule has 15 heavy (non-hydrogen) atoms. The summed E-state index contributed by atoms with van der Waals surface area (Å²) in [5.41, 5.74) is 5.51.